The first-order valence-electron chi connectivity index (χ1n) is 6.87. The van der Waals surface area contributed by atoms with E-state index in [1.54, 1.807) is 0 Å². The molecule has 3 nitrogen and oxygen atoms in total. The number of carbonyl (C=O) groups excluding carboxylic acids is 1. The van der Waals surface area contributed by atoms with Gasteiger partial charge < -0.3 is 5.32 Å². The van der Waals surface area contributed by atoms with Crippen LogP contribution >= 0.6 is 11.8 Å². The van der Waals surface area contributed by atoms with E-state index in [-0.39, 0.29) is 11.2 Å². The summed E-state index contributed by atoms with van der Waals surface area (Å²) in [5, 5.41) is 3.44. The van der Waals surface area contributed by atoms with Gasteiger partial charge in [-0.3, -0.25) is 4.79 Å². The highest BCUT2D eigenvalue weighted by molar-refractivity contribution is 8.15. The number of hydrogen-bond donors (Lipinski definition) is 1. The van der Waals surface area contributed by atoms with Crippen molar-refractivity contribution in [2.75, 3.05) is 0 Å². The quantitative estimate of drug-likeness (QED) is 0.942. The highest BCUT2D eigenvalue weighted by Gasteiger charge is 2.30. The maximum Gasteiger partial charge on any atom is 0.239 e. The Hall–Kier alpha value is -2.07. The normalized spacial score (nSPS) is 19.8. The zero-order chi connectivity index (χ0) is 14.7. The first-order valence-corrected chi connectivity index (χ1v) is 7.75. The number of rotatable bonds is 3. The first kappa shape index (κ1) is 13.9. The lowest BCUT2D eigenvalue weighted by atomic mass is 10.1. The molecule has 1 atom stereocenters. The van der Waals surface area contributed by atoms with Crippen molar-refractivity contribution in [2.24, 2.45) is 4.99 Å². The number of amidine groups is 1. The number of para-hydroxylation sites is 1. The van der Waals surface area contributed by atoms with E-state index in [1.165, 1.54) is 22.9 Å². The van der Waals surface area contributed by atoms with Gasteiger partial charge in [-0.25, -0.2) is 4.99 Å². The summed E-state index contributed by atoms with van der Waals surface area (Å²) in [6.07, 6.45) is 0.727. The molecule has 0 aromatic heterocycles. The number of nitrogens with zero attached hydrogens (tertiary/aromatic N) is 1. The predicted molar refractivity (Wildman–Crippen MR) is 87.9 cm³/mol. The summed E-state index contributed by atoms with van der Waals surface area (Å²) in [5.74, 6) is 0.0373. The van der Waals surface area contributed by atoms with Crippen molar-refractivity contribution < 1.29 is 4.79 Å². The van der Waals surface area contributed by atoms with Gasteiger partial charge in [-0.05, 0) is 31.0 Å². The lowest BCUT2D eigenvalue weighted by Gasteiger charge is -2.05. The fourth-order valence-electron chi connectivity index (χ4n) is 2.15. The van der Waals surface area contributed by atoms with Gasteiger partial charge in [0.2, 0.25) is 5.91 Å². The zero-order valence-corrected chi connectivity index (χ0v) is 12.6. The monoisotopic (exact) mass is 296 g/mol. The van der Waals surface area contributed by atoms with E-state index < -0.39 is 0 Å². The van der Waals surface area contributed by atoms with Gasteiger partial charge in [0.15, 0.2) is 5.17 Å². The average molecular weight is 296 g/mol. The Labute approximate surface area is 128 Å². The van der Waals surface area contributed by atoms with Crippen molar-refractivity contribution in [2.45, 2.75) is 18.6 Å². The van der Waals surface area contributed by atoms with Crippen LogP contribution in [0, 0.1) is 6.92 Å². The Morgan fingerprint density at radius 2 is 1.81 bits per heavy atom. The van der Waals surface area contributed by atoms with Gasteiger partial charge in [0, 0.05) is 0 Å². The lowest BCUT2D eigenvalue weighted by Crippen LogP contribution is -2.25. The molecule has 1 saturated heterocycles. The summed E-state index contributed by atoms with van der Waals surface area (Å²) in [6.45, 7) is 2.06. The number of nitrogens with one attached hydrogen (secondary N) is 1. The van der Waals surface area contributed by atoms with Crippen LogP contribution < -0.4 is 5.32 Å². The summed E-state index contributed by atoms with van der Waals surface area (Å²) >= 11 is 1.50. The molecule has 2 aromatic rings. The van der Waals surface area contributed by atoms with Gasteiger partial charge in [-0.1, -0.05) is 59.8 Å². The third-order valence-electron chi connectivity index (χ3n) is 3.30. The van der Waals surface area contributed by atoms with Gasteiger partial charge in [0.05, 0.1) is 10.9 Å². The molecule has 0 saturated carbocycles. The Balaban J connectivity index is 1.70. The SMILES string of the molecule is Cc1ccc(CC2SC(=Nc3ccccc3)NC2=O)cc1. The molecule has 1 aliphatic rings. The second-order valence-electron chi connectivity index (χ2n) is 5.04. The molecule has 1 fully saturated rings. The highest BCUT2D eigenvalue weighted by Crippen LogP contribution is 2.25. The molecular formula is C17H16N2OS. The maximum atomic E-state index is 12.0. The van der Waals surface area contributed by atoms with Crippen molar-refractivity contribution >= 4 is 28.5 Å². The lowest BCUT2D eigenvalue weighted by molar-refractivity contribution is -0.118. The summed E-state index contributed by atoms with van der Waals surface area (Å²) in [5.41, 5.74) is 3.26. The Morgan fingerprint density at radius 3 is 2.52 bits per heavy atom. The summed E-state index contributed by atoms with van der Waals surface area (Å²) in [7, 11) is 0. The Kier molecular flexibility index (Phi) is 4.06. The van der Waals surface area contributed by atoms with E-state index in [1.807, 2.05) is 30.3 Å². The zero-order valence-electron chi connectivity index (χ0n) is 11.7. The molecule has 1 unspecified atom stereocenters. The Bertz CT molecular complexity index is 665. The first-order chi connectivity index (χ1) is 10.2. The van der Waals surface area contributed by atoms with Crippen LogP contribution in [0.5, 0.6) is 0 Å². The van der Waals surface area contributed by atoms with E-state index in [2.05, 4.69) is 41.5 Å². The van der Waals surface area contributed by atoms with Gasteiger partial charge >= 0.3 is 0 Å². The van der Waals surface area contributed by atoms with Crippen LogP contribution in [-0.4, -0.2) is 16.3 Å². The molecule has 21 heavy (non-hydrogen) atoms. The van der Waals surface area contributed by atoms with Gasteiger partial charge in [-0.2, -0.15) is 0 Å². The standard InChI is InChI=1S/C17H16N2OS/c1-12-7-9-13(10-8-12)11-15-16(20)19-17(21-15)18-14-5-3-2-4-6-14/h2-10,15H,11H2,1H3,(H,18,19,20). The van der Waals surface area contributed by atoms with Crippen molar-refractivity contribution in [1.82, 2.24) is 5.32 Å². The summed E-state index contributed by atoms with van der Waals surface area (Å²) < 4.78 is 0. The summed E-state index contributed by atoms with van der Waals surface area (Å²) in [4.78, 5) is 16.5. The Morgan fingerprint density at radius 1 is 1.10 bits per heavy atom. The molecule has 3 rings (SSSR count). The van der Waals surface area contributed by atoms with Crippen LogP contribution in [0.3, 0.4) is 0 Å². The third kappa shape index (κ3) is 3.52. The molecule has 106 valence electrons. The van der Waals surface area contributed by atoms with E-state index in [4.69, 9.17) is 0 Å². The molecule has 0 spiro atoms. The van der Waals surface area contributed by atoms with Gasteiger partial charge in [0.1, 0.15) is 0 Å². The van der Waals surface area contributed by atoms with Crippen molar-refractivity contribution in [3.63, 3.8) is 0 Å². The van der Waals surface area contributed by atoms with Crippen LogP contribution in [0.15, 0.2) is 59.6 Å². The number of aliphatic imine (C=N–C) groups is 1. The fourth-order valence-corrected chi connectivity index (χ4v) is 3.18. The third-order valence-corrected chi connectivity index (χ3v) is 4.39. The van der Waals surface area contributed by atoms with Crippen LogP contribution in [0.25, 0.3) is 0 Å². The van der Waals surface area contributed by atoms with Crippen LogP contribution in [0.1, 0.15) is 11.1 Å². The van der Waals surface area contributed by atoms with Crippen molar-refractivity contribution in [3.05, 3.63) is 65.7 Å². The minimum atomic E-state index is -0.102. The van der Waals surface area contributed by atoms with Crippen LogP contribution in [0.2, 0.25) is 0 Å². The molecule has 4 heteroatoms. The predicted octanol–water partition coefficient (Wildman–Crippen LogP) is 3.46. The van der Waals surface area contributed by atoms with Gasteiger partial charge in [-0.15, -0.1) is 0 Å². The number of amides is 1. The smallest absolute Gasteiger partial charge is 0.239 e. The molecule has 0 bridgehead atoms. The fraction of sp³-hybridized carbons (Fsp3) is 0.176. The number of benzene rings is 2. The minimum absolute atomic E-state index is 0.0373. The molecule has 0 radical (unpaired) electrons. The van der Waals surface area contributed by atoms with Crippen molar-refractivity contribution in [1.29, 1.82) is 0 Å². The molecular weight excluding hydrogens is 280 g/mol. The van der Waals surface area contributed by atoms with E-state index >= 15 is 0 Å². The maximum absolute atomic E-state index is 12.0. The van der Waals surface area contributed by atoms with Crippen LogP contribution in [-0.2, 0) is 11.2 Å². The van der Waals surface area contributed by atoms with E-state index in [0.29, 0.717) is 5.17 Å². The van der Waals surface area contributed by atoms with E-state index in [9.17, 15) is 4.79 Å². The average Bonchev–Trinajstić information content (AvgIpc) is 2.82. The largest absolute Gasteiger partial charge is 0.304 e. The molecule has 1 aliphatic heterocycles. The van der Waals surface area contributed by atoms with E-state index in [0.717, 1.165) is 12.1 Å². The highest BCUT2D eigenvalue weighted by atomic mass is 32.2. The number of thioether (sulfide) groups is 1. The molecule has 1 heterocycles. The second kappa shape index (κ2) is 6.14. The summed E-state index contributed by atoms with van der Waals surface area (Å²) in [6, 6.07) is 18.0. The molecule has 1 N–H and O–H groups in total. The number of aryl methyl sites for hydroxylation is 1. The second-order valence-corrected chi connectivity index (χ2v) is 6.23. The number of carbonyl (C=O) groups is 1. The molecule has 2 aromatic carbocycles. The van der Waals surface area contributed by atoms with Crippen LogP contribution in [0.4, 0.5) is 5.69 Å². The number of hydrogen-bond acceptors (Lipinski definition) is 3. The van der Waals surface area contributed by atoms with Gasteiger partial charge in [0.25, 0.3) is 0 Å². The molecule has 0 aliphatic carbocycles. The minimum Gasteiger partial charge on any atom is -0.304 e. The van der Waals surface area contributed by atoms with Crippen molar-refractivity contribution in [3.8, 4) is 0 Å². The molecule has 1 amide bonds. The topological polar surface area (TPSA) is 41.5 Å².